The Morgan fingerprint density at radius 1 is 1.85 bits per heavy atom. The van der Waals surface area contributed by atoms with E-state index in [-0.39, 0.29) is 17.3 Å². The molecule has 0 aliphatic carbocycles. The molecule has 72 valence electrons. The Morgan fingerprint density at radius 3 is 3.00 bits per heavy atom. The Kier molecular flexibility index (Phi) is 3.33. The number of carbonyl (C=O) groups excluding carboxylic acids is 1. The van der Waals surface area contributed by atoms with Crippen LogP contribution in [0.4, 0.5) is 0 Å². The van der Waals surface area contributed by atoms with Gasteiger partial charge in [0.2, 0.25) is 5.76 Å². The number of nitrogens with one attached hydrogen (secondary N) is 1. The zero-order valence-corrected chi connectivity index (χ0v) is 7.84. The second-order valence-corrected chi connectivity index (χ2v) is 3.06. The third kappa shape index (κ3) is 2.75. The third-order valence-electron chi connectivity index (χ3n) is 1.38. The molecule has 0 saturated heterocycles. The molecule has 4 nitrogen and oxygen atoms in total. The number of amides is 1. The second-order valence-electron chi connectivity index (χ2n) is 2.66. The lowest BCUT2D eigenvalue weighted by atomic mass is 10.3. The standard InChI is InChI=1S/C8H10ClNO3/c1-5(11)4-10-8(12)7-6(9)2-3-13-7/h2-3,5,11H,4H2,1H3,(H,10,12)/t5-/m1/s1. The van der Waals surface area contributed by atoms with Crippen molar-refractivity contribution in [3.8, 4) is 0 Å². The summed E-state index contributed by atoms with van der Waals surface area (Å²) in [5.74, 6) is -0.349. The minimum Gasteiger partial charge on any atom is -0.458 e. The van der Waals surface area contributed by atoms with Crippen molar-refractivity contribution in [1.29, 1.82) is 0 Å². The van der Waals surface area contributed by atoms with E-state index in [9.17, 15) is 4.79 Å². The van der Waals surface area contributed by atoms with Gasteiger partial charge in [0.05, 0.1) is 17.4 Å². The average Bonchev–Trinajstić information content (AvgIpc) is 2.47. The largest absolute Gasteiger partial charge is 0.458 e. The monoisotopic (exact) mass is 203 g/mol. The van der Waals surface area contributed by atoms with Crippen LogP contribution in [0.5, 0.6) is 0 Å². The second kappa shape index (κ2) is 4.30. The summed E-state index contributed by atoms with van der Waals surface area (Å²) >= 11 is 5.63. The van der Waals surface area contributed by atoms with Crippen LogP contribution in [-0.4, -0.2) is 23.7 Å². The van der Waals surface area contributed by atoms with Gasteiger partial charge >= 0.3 is 0 Å². The van der Waals surface area contributed by atoms with E-state index in [4.69, 9.17) is 21.1 Å². The van der Waals surface area contributed by atoms with Crippen LogP contribution in [0.1, 0.15) is 17.5 Å². The topological polar surface area (TPSA) is 62.5 Å². The van der Waals surface area contributed by atoms with E-state index in [0.717, 1.165) is 0 Å². The van der Waals surface area contributed by atoms with Crippen LogP contribution in [0, 0.1) is 0 Å². The predicted molar refractivity (Wildman–Crippen MR) is 47.7 cm³/mol. The van der Waals surface area contributed by atoms with Gasteiger partial charge in [0.1, 0.15) is 0 Å². The highest BCUT2D eigenvalue weighted by atomic mass is 35.5. The molecule has 0 radical (unpaired) electrons. The molecule has 1 aromatic rings. The van der Waals surface area contributed by atoms with E-state index in [0.29, 0.717) is 0 Å². The molecular formula is C8H10ClNO3. The van der Waals surface area contributed by atoms with E-state index < -0.39 is 12.0 Å². The van der Waals surface area contributed by atoms with Gasteiger partial charge in [-0.05, 0) is 13.0 Å². The molecule has 1 aromatic heterocycles. The van der Waals surface area contributed by atoms with Gasteiger partial charge in [-0.15, -0.1) is 0 Å². The summed E-state index contributed by atoms with van der Waals surface area (Å²) in [5, 5.41) is 11.6. The third-order valence-corrected chi connectivity index (χ3v) is 1.68. The fourth-order valence-corrected chi connectivity index (χ4v) is 0.958. The molecule has 0 unspecified atom stereocenters. The molecule has 0 aliphatic heterocycles. The van der Waals surface area contributed by atoms with Crippen molar-refractivity contribution in [2.45, 2.75) is 13.0 Å². The summed E-state index contributed by atoms with van der Waals surface area (Å²) in [6.45, 7) is 1.75. The van der Waals surface area contributed by atoms with Crippen molar-refractivity contribution < 1.29 is 14.3 Å². The van der Waals surface area contributed by atoms with Gasteiger partial charge in [-0.2, -0.15) is 0 Å². The maximum absolute atomic E-state index is 11.2. The Morgan fingerprint density at radius 2 is 2.54 bits per heavy atom. The minimum atomic E-state index is -0.585. The quantitative estimate of drug-likeness (QED) is 0.772. The first-order chi connectivity index (χ1) is 6.11. The zero-order chi connectivity index (χ0) is 9.84. The van der Waals surface area contributed by atoms with Crippen molar-refractivity contribution in [3.63, 3.8) is 0 Å². The van der Waals surface area contributed by atoms with Crippen molar-refractivity contribution in [1.82, 2.24) is 5.32 Å². The lowest BCUT2D eigenvalue weighted by Crippen LogP contribution is -2.30. The van der Waals surface area contributed by atoms with E-state index >= 15 is 0 Å². The van der Waals surface area contributed by atoms with Crippen molar-refractivity contribution >= 4 is 17.5 Å². The Labute approximate surface area is 80.5 Å². The van der Waals surface area contributed by atoms with Gasteiger partial charge < -0.3 is 14.8 Å². The maximum atomic E-state index is 11.2. The summed E-state index contributed by atoms with van der Waals surface area (Å²) in [4.78, 5) is 11.2. The van der Waals surface area contributed by atoms with Gasteiger partial charge in [-0.1, -0.05) is 11.6 Å². The maximum Gasteiger partial charge on any atom is 0.288 e. The summed E-state index contributed by atoms with van der Waals surface area (Å²) in [7, 11) is 0. The Hall–Kier alpha value is -1.00. The molecule has 1 rings (SSSR count). The average molecular weight is 204 g/mol. The van der Waals surface area contributed by atoms with E-state index in [2.05, 4.69) is 5.32 Å². The number of furan rings is 1. The molecule has 0 saturated carbocycles. The molecule has 0 aromatic carbocycles. The molecule has 1 heterocycles. The molecule has 0 fully saturated rings. The first kappa shape index (κ1) is 10.1. The summed E-state index contributed by atoms with van der Waals surface area (Å²) < 4.78 is 4.83. The summed E-state index contributed by atoms with van der Waals surface area (Å²) in [6, 6.07) is 1.48. The highest BCUT2D eigenvalue weighted by Crippen LogP contribution is 2.15. The first-order valence-corrected chi connectivity index (χ1v) is 4.18. The number of hydrogen-bond donors (Lipinski definition) is 2. The number of carbonyl (C=O) groups is 1. The van der Waals surface area contributed by atoms with Gasteiger partial charge in [-0.25, -0.2) is 0 Å². The fourth-order valence-electron chi connectivity index (χ4n) is 0.776. The van der Waals surface area contributed by atoms with Crippen molar-refractivity contribution in [3.05, 3.63) is 23.1 Å². The van der Waals surface area contributed by atoms with Crippen LogP contribution in [0.2, 0.25) is 5.02 Å². The van der Waals surface area contributed by atoms with Crippen molar-refractivity contribution in [2.24, 2.45) is 0 Å². The van der Waals surface area contributed by atoms with Crippen LogP contribution < -0.4 is 5.32 Å². The Balaban J connectivity index is 2.54. The molecule has 1 atom stereocenters. The first-order valence-electron chi connectivity index (χ1n) is 3.80. The van der Waals surface area contributed by atoms with Gasteiger partial charge in [0, 0.05) is 6.54 Å². The lowest BCUT2D eigenvalue weighted by molar-refractivity contribution is 0.0897. The number of aliphatic hydroxyl groups excluding tert-OH is 1. The van der Waals surface area contributed by atoms with Gasteiger partial charge in [0.25, 0.3) is 5.91 Å². The fraction of sp³-hybridized carbons (Fsp3) is 0.375. The van der Waals surface area contributed by atoms with E-state index in [1.807, 2.05) is 0 Å². The lowest BCUT2D eigenvalue weighted by Gasteiger charge is -2.04. The van der Waals surface area contributed by atoms with Crippen LogP contribution in [-0.2, 0) is 0 Å². The number of hydrogen-bond acceptors (Lipinski definition) is 3. The van der Waals surface area contributed by atoms with Crippen molar-refractivity contribution in [2.75, 3.05) is 6.54 Å². The molecule has 5 heteroatoms. The van der Waals surface area contributed by atoms with Gasteiger partial charge in [-0.3, -0.25) is 4.79 Å². The molecular weight excluding hydrogens is 194 g/mol. The molecule has 0 bridgehead atoms. The normalized spacial score (nSPS) is 12.5. The molecule has 0 aliphatic rings. The molecule has 1 amide bonds. The van der Waals surface area contributed by atoms with Gasteiger partial charge in [0.15, 0.2) is 0 Å². The SMILES string of the molecule is C[C@@H](O)CNC(=O)c1occc1Cl. The number of aliphatic hydroxyl groups is 1. The highest BCUT2D eigenvalue weighted by molar-refractivity contribution is 6.33. The predicted octanol–water partition coefficient (Wildman–Crippen LogP) is 1.04. The minimum absolute atomic E-state index is 0.0716. The van der Waals surface area contributed by atoms with E-state index in [1.165, 1.54) is 12.3 Å². The molecule has 13 heavy (non-hydrogen) atoms. The summed E-state index contributed by atoms with van der Waals surface area (Å²) in [6.07, 6.45) is 0.747. The smallest absolute Gasteiger partial charge is 0.288 e. The number of halogens is 1. The summed E-state index contributed by atoms with van der Waals surface area (Å²) in [5.41, 5.74) is 0. The van der Waals surface area contributed by atoms with Crippen LogP contribution in [0.25, 0.3) is 0 Å². The van der Waals surface area contributed by atoms with Crippen LogP contribution >= 0.6 is 11.6 Å². The Bertz CT molecular complexity index is 295. The number of rotatable bonds is 3. The van der Waals surface area contributed by atoms with Crippen LogP contribution in [0.15, 0.2) is 16.7 Å². The molecule has 2 N–H and O–H groups in total. The van der Waals surface area contributed by atoms with Crippen LogP contribution in [0.3, 0.4) is 0 Å². The highest BCUT2D eigenvalue weighted by Gasteiger charge is 2.13. The van der Waals surface area contributed by atoms with E-state index in [1.54, 1.807) is 6.92 Å². The molecule has 0 spiro atoms. The zero-order valence-electron chi connectivity index (χ0n) is 7.08.